The Morgan fingerprint density at radius 2 is 1.79 bits per heavy atom. The number of hydrogen-bond acceptors (Lipinski definition) is 5. The minimum atomic E-state index is 0.205. The van der Waals surface area contributed by atoms with Crippen LogP contribution in [-0.2, 0) is 11.2 Å². The molecule has 2 aromatic heterocycles. The predicted molar refractivity (Wildman–Crippen MR) is 129 cm³/mol. The number of aryl methyl sites for hydroxylation is 1. The van der Waals surface area contributed by atoms with Crippen LogP contribution in [0.5, 0.6) is 11.5 Å². The van der Waals surface area contributed by atoms with Crippen molar-refractivity contribution in [2.24, 2.45) is 0 Å². The second-order valence-corrected chi connectivity index (χ2v) is 8.81. The number of carbonyl (C=O) groups excluding carboxylic acids is 1. The Morgan fingerprint density at radius 1 is 0.971 bits per heavy atom. The van der Waals surface area contributed by atoms with E-state index in [0.717, 1.165) is 65.5 Å². The molecule has 0 atom stereocenters. The fourth-order valence-electron chi connectivity index (χ4n) is 4.97. The van der Waals surface area contributed by atoms with Crippen molar-refractivity contribution in [3.8, 4) is 23.0 Å². The van der Waals surface area contributed by atoms with Gasteiger partial charge in [-0.05, 0) is 61.2 Å². The Labute approximate surface area is 198 Å². The van der Waals surface area contributed by atoms with Crippen LogP contribution in [0, 0.1) is 0 Å². The number of hydrogen-bond donors (Lipinski definition) is 0. The molecule has 4 aromatic rings. The molecule has 1 amide bonds. The lowest BCUT2D eigenvalue weighted by molar-refractivity contribution is -0.132. The number of carbonyl (C=O) groups is 1. The third-order valence-corrected chi connectivity index (χ3v) is 6.74. The SMILES string of the molecule is O=C(CCc1ccc2c(c1)OCO2)N1CCC(n2c(-c3ccccn3)nc3ccccc32)CC1. The first kappa shape index (κ1) is 20.7. The Kier molecular flexibility index (Phi) is 5.37. The molecule has 1 fully saturated rings. The molecule has 7 heteroatoms. The van der Waals surface area contributed by atoms with Gasteiger partial charge in [-0.2, -0.15) is 0 Å². The molecule has 0 unspecified atom stereocenters. The second-order valence-electron chi connectivity index (χ2n) is 8.81. The number of rotatable bonds is 5. The van der Waals surface area contributed by atoms with Gasteiger partial charge < -0.3 is 18.9 Å². The Morgan fingerprint density at radius 3 is 2.65 bits per heavy atom. The van der Waals surface area contributed by atoms with E-state index in [4.69, 9.17) is 14.5 Å². The fourth-order valence-corrected chi connectivity index (χ4v) is 4.97. The van der Waals surface area contributed by atoms with Gasteiger partial charge in [0.1, 0.15) is 5.69 Å². The average Bonchev–Trinajstić information content (AvgIpc) is 3.52. The first-order valence-corrected chi connectivity index (χ1v) is 11.8. The van der Waals surface area contributed by atoms with Crippen molar-refractivity contribution in [3.63, 3.8) is 0 Å². The van der Waals surface area contributed by atoms with Gasteiger partial charge in [-0.15, -0.1) is 0 Å². The highest BCUT2D eigenvalue weighted by Crippen LogP contribution is 2.34. The molecule has 4 heterocycles. The molecule has 2 aliphatic rings. The summed E-state index contributed by atoms with van der Waals surface area (Å²) >= 11 is 0. The molecule has 0 aliphatic carbocycles. The molecule has 2 aliphatic heterocycles. The zero-order valence-electron chi connectivity index (χ0n) is 18.9. The average molecular weight is 455 g/mol. The summed E-state index contributed by atoms with van der Waals surface area (Å²) in [5.41, 5.74) is 4.07. The molecular weight excluding hydrogens is 428 g/mol. The van der Waals surface area contributed by atoms with E-state index in [0.29, 0.717) is 12.8 Å². The maximum absolute atomic E-state index is 12.9. The highest BCUT2D eigenvalue weighted by atomic mass is 16.7. The summed E-state index contributed by atoms with van der Waals surface area (Å²) in [7, 11) is 0. The summed E-state index contributed by atoms with van der Waals surface area (Å²) in [6.07, 6.45) is 4.80. The van der Waals surface area contributed by atoms with E-state index in [1.807, 2.05) is 53.4 Å². The number of amides is 1. The normalized spacial score (nSPS) is 15.7. The lowest BCUT2D eigenvalue weighted by atomic mass is 10.0. The van der Waals surface area contributed by atoms with Crippen LogP contribution in [-0.4, -0.2) is 45.2 Å². The summed E-state index contributed by atoms with van der Waals surface area (Å²) < 4.78 is 13.1. The lowest BCUT2D eigenvalue weighted by Crippen LogP contribution is -2.39. The van der Waals surface area contributed by atoms with Gasteiger partial charge in [0.25, 0.3) is 0 Å². The van der Waals surface area contributed by atoms with E-state index in [1.54, 1.807) is 6.20 Å². The van der Waals surface area contributed by atoms with Crippen molar-refractivity contribution in [1.82, 2.24) is 19.4 Å². The van der Waals surface area contributed by atoms with Crippen LogP contribution < -0.4 is 9.47 Å². The van der Waals surface area contributed by atoms with Crippen LogP contribution in [0.3, 0.4) is 0 Å². The van der Waals surface area contributed by atoms with Gasteiger partial charge in [0.05, 0.1) is 11.0 Å². The topological polar surface area (TPSA) is 69.5 Å². The van der Waals surface area contributed by atoms with Crippen molar-refractivity contribution in [3.05, 3.63) is 72.4 Å². The van der Waals surface area contributed by atoms with Crippen molar-refractivity contribution in [2.45, 2.75) is 31.7 Å². The molecule has 1 saturated heterocycles. The summed E-state index contributed by atoms with van der Waals surface area (Å²) in [5, 5.41) is 0. The van der Waals surface area contributed by atoms with E-state index in [-0.39, 0.29) is 18.7 Å². The zero-order valence-corrected chi connectivity index (χ0v) is 18.9. The highest BCUT2D eigenvalue weighted by molar-refractivity contribution is 5.80. The largest absolute Gasteiger partial charge is 0.454 e. The van der Waals surface area contributed by atoms with Gasteiger partial charge in [0.2, 0.25) is 12.7 Å². The predicted octanol–water partition coefficient (Wildman–Crippen LogP) is 4.62. The van der Waals surface area contributed by atoms with Gasteiger partial charge in [0, 0.05) is 31.7 Å². The second kappa shape index (κ2) is 8.82. The first-order chi connectivity index (χ1) is 16.8. The van der Waals surface area contributed by atoms with E-state index in [9.17, 15) is 4.79 Å². The Hall–Kier alpha value is -3.87. The van der Waals surface area contributed by atoms with Gasteiger partial charge in [-0.25, -0.2) is 4.98 Å². The monoisotopic (exact) mass is 454 g/mol. The van der Waals surface area contributed by atoms with E-state index < -0.39 is 0 Å². The molecule has 0 saturated carbocycles. The highest BCUT2D eigenvalue weighted by Gasteiger charge is 2.27. The smallest absolute Gasteiger partial charge is 0.231 e. The molecule has 2 aromatic carbocycles. The Bertz CT molecular complexity index is 1330. The molecule has 0 N–H and O–H groups in total. The number of likely N-dealkylation sites (tertiary alicyclic amines) is 1. The molecule has 6 rings (SSSR count). The third-order valence-electron chi connectivity index (χ3n) is 6.74. The van der Waals surface area contributed by atoms with Crippen LogP contribution in [0.2, 0.25) is 0 Å². The summed E-state index contributed by atoms with van der Waals surface area (Å²) in [6, 6.07) is 20.3. The number of piperidine rings is 1. The molecule has 34 heavy (non-hydrogen) atoms. The van der Waals surface area contributed by atoms with Gasteiger partial charge in [0.15, 0.2) is 17.3 Å². The number of para-hydroxylation sites is 2. The number of aromatic nitrogens is 3. The maximum Gasteiger partial charge on any atom is 0.231 e. The maximum atomic E-state index is 12.9. The van der Waals surface area contributed by atoms with Crippen LogP contribution in [0.15, 0.2) is 66.9 Å². The number of imidazole rings is 1. The van der Waals surface area contributed by atoms with E-state index in [1.165, 1.54) is 0 Å². The number of ether oxygens (including phenoxy) is 2. The zero-order chi connectivity index (χ0) is 22.9. The van der Waals surface area contributed by atoms with Crippen LogP contribution in [0.4, 0.5) is 0 Å². The minimum absolute atomic E-state index is 0.205. The summed E-state index contributed by atoms with van der Waals surface area (Å²) in [5.74, 6) is 2.64. The van der Waals surface area contributed by atoms with E-state index in [2.05, 4.69) is 21.7 Å². The van der Waals surface area contributed by atoms with Crippen LogP contribution in [0.25, 0.3) is 22.6 Å². The molecule has 0 radical (unpaired) electrons. The van der Waals surface area contributed by atoms with Gasteiger partial charge in [-0.3, -0.25) is 9.78 Å². The first-order valence-electron chi connectivity index (χ1n) is 11.8. The molecular formula is C27H26N4O3. The van der Waals surface area contributed by atoms with Crippen LogP contribution >= 0.6 is 0 Å². The van der Waals surface area contributed by atoms with Crippen LogP contribution in [0.1, 0.15) is 30.9 Å². The molecule has 7 nitrogen and oxygen atoms in total. The number of fused-ring (bicyclic) bond motifs is 2. The molecule has 172 valence electrons. The standard InChI is InChI=1S/C27H26N4O3/c32-26(11-9-19-8-10-24-25(17-19)34-18-33-24)30-15-12-20(13-16-30)31-23-7-2-1-5-21(23)29-27(31)22-6-3-4-14-28-22/h1-8,10,14,17,20H,9,11-13,15-16,18H2. The van der Waals surface area contributed by atoms with Gasteiger partial charge in [-0.1, -0.05) is 24.3 Å². The van der Waals surface area contributed by atoms with Crippen molar-refractivity contribution in [2.75, 3.05) is 19.9 Å². The third kappa shape index (κ3) is 3.87. The molecule has 0 spiro atoms. The summed E-state index contributed by atoms with van der Waals surface area (Å²) in [4.78, 5) is 24.4. The fraction of sp³-hybridized carbons (Fsp3) is 0.296. The van der Waals surface area contributed by atoms with Crippen molar-refractivity contribution < 1.29 is 14.3 Å². The molecule has 0 bridgehead atoms. The van der Waals surface area contributed by atoms with Crippen molar-refractivity contribution >= 4 is 16.9 Å². The number of benzene rings is 2. The van der Waals surface area contributed by atoms with Gasteiger partial charge >= 0.3 is 0 Å². The number of nitrogens with zero attached hydrogens (tertiary/aromatic N) is 4. The Balaban J connectivity index is 1.14. The number of pyridine rings is 1. The minimum Gasteiger partial charge on any atom is -0.454 e. The van der Waals surface area contributed by atoms with Crippen molar-refractivity contribution in [1.29, 1.82) is 0 Å². The lowest BCUT2D eigenvalue weighted by Gasteiger charge is -2.33. The van der Waals surface area contributed by atoms with E-state index >= 15 is 0 Å². The summed E-state index contributed by atoms with van der Waals surface area (Å²) in [6.45, 7) is 1.76. The quantitative estimate of drug-likeness (QED) is 0.440.